The lowest BCUT2D eigenvalue weighted by atomic mass is 10.0. The van der Waals surface area contributed by atoms with Gasteiger partial charge in [0.1, 0.15) is 23.1 Å². The molecule has 2 aromatic carbocycles. The van der Waals surface area contributed by atoms with Crippen molar-refractivity contribution in [3.8, 4) is 5.75 Å². The summed E-state index contributed by atoms with van der Waals surface area (Å²) < 4.78 is 16.7. The number of benzene rings is 2. The summed E-state index contributed by atoms with van der Waals surface area (Å²) >= 11 is 0. The fourth-order valence-corrected chi connectivity index (χ4v) is 3.51. The number of carbonyl (C=O) groups excluding carboxylic acids is 2. The van der Waals surface area contributed by atoms with E-state index in [1.807, 2.05) is 0 Å². The molecule has 0 saturated carbocycles. The van der Waals surface area contributed by atoms with Gasteiger partial charge >= 0.3 is 12.1 Å². The summed E-state index contributed by atoms with van der Waals surface area (Å²) in [5.74, 6) is -0.156. The van der Waals surface area contributed by atoms with Crippen LogP contribution in [0, 0.1) is 10.1 Å². The fraction of sp³-hybridized carbons (Fsp3) is 0.360. The minimum atomic E-state index is -1.70. The van der Waals surface area contributed by atoms with E-state index < -0.39 is 34.4 Å². The van der Waals surface area contributed by atoms with Crippen LogP contribution in [-0.4, -0.2) is 56.4 Å². The normalized spacial score (nSPS) is 11.9. The Kier molecular flexibility index (Phi) is 8.63. The van der Waals surface area contributed by atoms with E-state index in [2.05, 4.69) is 15.6 Å². The molecule has 3 rings (SSSR count). The lowest BCUT2D eigenvalue weighted by molar-refractivity contribution is -0.386. The van der Waals surface area contributed by atoms with Crippen LogP contribution < -0.4 is 10.1 Å². The Morgan fingerprint density at radius 1 is 1.18 bits per heavy atom. The highest BCUT2D eigenvalue weighted by molar-refractivity contribution is 5.89. The zero-order chi connectivity index (χ0) is 28.0. The second-order valence-corrected chi connectivity index (χ2v) is 9.11. The zero-order valence-corrected chi connectivity index (χ0v) is 21.6. The Hall–Kier alpha value is -4.52. The number of hydrogen-bond acceptors (Lipinski definition) is 10. The summed E-state index contributed by atoms with van der Waals surface area (Å²) in [7, 11) is 1.54. The van der Waals surface area contributed by atoms with E-state index in [0.717, 1.165) is 11.6 Å². The number of aliphatic hydroxyl groups is 1. The summed E-state index contributed by atoms with van der Waals surface area (Å²) in [6.45, 7) is 6.81. The van der Waals surface area contributed by atoms with Crippen LogP contribution in [0.5, 0.6) is 5.75 Å². The minimum absolute atomic E-state index is 0.0489. The number of ether oxygens (including phenoxy) is 3. The molecule has 1 atom stereocenters. The van der Waals surface area contributed by atoms with E-state index in [1.54, 1.807) is 52.0 Å². The number of anilines is 1. The van der Waals surface area contributed by atoms with Gasteiger partial charge in [-0.2, -0.15) is 0 Å². The van der Waals surface area contributed by atoms with Crippen molar-refractivity contribution < 1.29 is 33.8 Å². The summed E-state index contributed by atoms with van der Waals surface area (Å²) in [5.41, 5.74) is -0.972. The van der Waals surface area contributed by atoms with Gasteiger partial charge in [0.15, 0.2) is 5.69 Å². The van der Waals surface area contributed by atoms with Crippen LogP contribution in [0.2, 0.25) is 0 Å². The fourth-order valence-electron chi connectivity index (χ4n) is 3.51. The Labute approximate surface area is 218 Å². The van der Waals surface area contributed by atoms with E-state index in [1.165, 1.54) is 23.9 Å². The number of amides is 1. The first-order chi connectivity index (χ1) is 17.9. The van der Waals surface area contributed by atoms with Gasteiger partial charge in [-0.25, -0.2) is 14.3 Å². The third-order valence-corrected chi connectivity index (χ3v) is 5.15. The van der Waals surface area contributed by atoms with Crippen molar-refractivity contribution in [1.29, 1.82) is 0 Å². The molecule has 2 N–H and O–H groups in total. The molecule has 38 heavy (non-hydrogen) atoms. The number of rotatable bonds is 9. The molecular weight excluding hydrogens is 498 g/mol. The Morgan fingerprint density at radius 2 is 1.87 bits per heavy atom. The van der Waals surface area contributed by atoms with Crippen LogP contribution >= 0.6 is 0 Å². The maximum atomic E-state index is 12.8. The Morgan fingerprint density at radius 3 is 2.45 bits per heavy atom. The van der Waals surface area contributed by atoms with Crippen molar-refractivity contribution in [3.05, 3.63) is 75.1 Å². The number of hydrogen-bond donors (Lipinski definition) is 2. The largest absolute Gasteiger partial charge is 0.497 e. The van der Waals surface area contributed by atoms with E-state index in [0.29, 0.717) is 5.75 Å². The second-order valence-electron chi connectivity index (χ2n) is 9.11. The first kappa shape index (κ1) is 28.1. The standard InChI is InChI=1S/C25H29N5O8/c1-6-37-23(32)21-20(27-28-29(21)14-15-7-10-17(36-5)11-8-15)22(31)18-12-9-16(13-19(18)30(34)35)26-24(33)38-25(2,3)4/h7-13,22,31H,6,14H2,1-5H3,(H,26,33). The molecule has 0 aliphatic rings. The summed E-state index contributed by atoms with van der Waals surface area (Å²) in [6.07, 6.45) is -2.50. The van der Waals surface area contributed by atoms with Crippen molar-refractivity contribution in [2.24, 2.45) is 0 Å². The van der Waals surface area contributed by atoms with Crippen molar-refractivity contribution in [2.45, 2.75) is 45.9 Å². The van der Waals surface area contributed by atoms with Gasteiger partial charge in [-0.1, -0.05) is 17.3 Å². The van der Waals surface area contributed by atoms with Gasteiger partial charge in [-0.3, -0.25) is 15.4 Å². The van der Waals surface area contributed by atoms with E-state index in [9.17, 15) is 24.8 Å². The quantitative estimate of drug-likeness (QED) is 0.237. The third-order valence-electron chi connectivity index (χ3n) is 5.15. The SMILES string of the molecule is CCOC(=O)c1c(C(O)c2ccc(NC(=O)OC(C)(C)C)cc2[N+](=O)[O-])nnn1Cc1ccc(OC)cc1. The first-order valence-electron chi connectivity index (χ1n) is 11.6. The topological polar surface area (TPSA) is 168 Å². The van der Waals surface area contributed by atoms with Gasteiger partial charge in [0.25, 0.3) is 5.69 Å². The molecule has 0 aliphatic carbocycles. The number of nitro benzene ring substituents is 1. The Balaban J connectivity index is 1.97. The highest BCUT2D eigenvalue weighted by Gasteiger charge is 2.32. The molecule has 0 saturated heterocycles. The predicted molar refractivity (Wildman–Crippen MR) is 135 cm³/mol. The van der Waals surface area contributed by atoms with Gasteiger partial charge in [-0.05, 0) is 57.5 Å². The number of nitrogens with one attached hydrogen (secondary N) is 1. The average molecular weight is 528 g/mol. The molecule has 0 radical (unpaired) electrons. The molecule has 0 aliphatic heterocycles. The predicted octanol–water partition coefficient (Wildman–Crippen LogP) is 3.85. The maximum Gasteiger partial charge on any atom is 0.412 e. The maximum absolute atomic E-state index is 12.8. The van der Waals surface area contributed by atoms with Crippen LogP contribution in [0.4, 0.5) is 16.2 Å². The van der Waals surface area contributed by atoms with Gasteiger partial charge in [0.2, 0.25) is 0 Å². The molecule has 13 nitrogen and oxygen atoms in total. The molecule has 1 amide bonds. The van der Waals surface area contributed by atoms with Crippen molar-refractivity contribution in [3.63, 3.8) is 0 Å². The smallest absolute Gasteiger partial charge is 0.412 e. The van der Waals surface area contributed by atoms with Crippen LogP contribution in [0.25, 0.3) is 0 Å². The van der Waals surface area contributed by atoms with Gasteiger partial charge < -0.3 is 19.3 Å². The zero-order valence-electron chi connectivity index (χ0n) is 21.6. The third kappa shape index (κ3) is 6.82. The monoisotopic (exact) mass is 527 g/mol. The number of esters is 1. The molecule has 1 unspecified atom stereocenters. The number of nitrogens with zero attached hydrogens (tertiary/aromatic N) is 4. The molecule has 3 aromatic rings. The molecule has 0 bridgehead atoms. The summed E-state index contributed by atoms with van der Waals surface area (Å²) in [6, 6.07) is 10.7. The number of aliphatic hydroxyl groups excluding tert-OH is 1. The second kappa shape index (κ2) is 11.7. The van der Waals surface area contributed by atoms with E-state index in [-0.39, 0.29) is 35.8 Å². The van der Waals surface area contributed by atoms with Gasteiger partial charge in [0.05, 0.1) is 36.4 Å². The summed E-state index contributed by atoms with van der Waals surface area (Å²) in [5, 5.41) is 33.4. The van der Waals surface area contributed by atoms with E-state index in [4.69, 9.17) is 14.2 Å². The average Bonchev–Trinajstić information content (AvgIpc) is 3.26. The van der Waals surface area contributed by atoms with Crippen LogP contribution in [0.3, 0.4) is 0 Å². The highest BCUT2D eigenvalue weighted by atomic mass is 16.6. The minimum Gasteiger partial charge on any atom is -0.497 e. The highest BCUT2D eigenvalue weighted by Crippen LogP contribution is 2.33. The number of nitro groups is 1. The number of carbonyl (C=O) groups is 2. The lowest BCUT2D eigenvalue weighted by Crippen LogP contribution is -2.27. The van der Waals surface area contributed by atoms with Crippen molar-refractivity contribution in [2.75, 3.05) is 19.0 Å². The Bertz CT molecular complexity index is 1310. The number of aromatic nitrogens is 3. The first-order valence-corrected chi connectivity index (χ1v) is 11.6. The van der Waals surface area contributed by atoms with Crippen molar-refractivity contribution in [1.82, 2.24) is 15.0 Å². The van der Waals surface area contributed by atoms with Crippen LogP contribution in [-0.2, 0) is 16.0 Å². The lowest BCUT2D eigenvalue weighted by Gasteiger charge is -2.19. The number of methoxy groups -OCH3 is 1. The summed E-state index contributed by atoms with van der Waals surface area (Å²) in [4.78, 5) is 36.1. The van der Waals surface area contributed by atoms with Crippen LogP contribution in [0.1, 0.15) is 61.1 Å². The van der Waals surface area contributed by atoms with Gasteiger partial charge in [0, 0.05) is 6.07 Å². The molecular formula is C25H29N5O8. The molecule has 1 heterocycles. The molecule has 0 fully saturated rings. The van der Waals surface area contributed by atoms with Gasteiger partial charge in [-0.15, -0.1) is 5.10 Å². The molecule has 1 aromatic heterocycles. The van der Waals surface area contributed by atoms with Crippen LogP contribution in [0.15, 0.2) is 42.5 Å². The van der Waals surface area contributed by atoms with Crippen molar-refractivity contribution >= 4 is 23.4 Å². The molecule has 202 valence electrons. The van der Waals surface area contributed by atoms with E-state index >= 15 is 0 Å². The molecule has 13 heteroatoms. The molecule has 0 spiro atoms.